The second-order valence-corrected chi connectivity index (χ2v) is 18.1. The van der Waals surface area contributed by atoms with Crippen LogP contribution in [0, 0.1) is 61.7 Å². The average molecular weight is 805 g/mol. The van der Waals surface area contributed by atoms with Crippen molar-refractivity contribution >= 4 is 29.7 Å². The zero-order valence-corrected chi connectivity index (χ0v) is 37.2. The summed E-state index contributed by atoms with van der Waals surface area (Å²) in [6.07, 6.45) is 22.3. The normalized spacial score (nSPS) is 26.3. The SMILES string of the molecule is C#C[C@@H]1C(C)=C2/C=C3\NC(C4=c5[nH]/c(c(C)c5[C@@H](O)[C@@H]4C(=O)OC)=C\c4[nH]c(c(C)c4CC)/C=C/1N2)[C@@H](CCC(=O)OC/C=C(\C)CCC[C@@H](C)CCCC(C)C)[C@@H]3C. The number of rotatable bonds is 15. The first-order valence-corrected chi connectivity index (χ1v) is 22.0. The van der Waals surface area contributed by atoms with Gasteiger partial charge in [0.1, 0.15) is 12.5 Å². The minimum atomic E-state index is -1.10. The molecule has 6 rings (SSSR count). The van der Waals surface area contributed by atoms with Gasteiger partial charge in [0.2, 0.25) is 0 Å². The molecule has 5 heterocycles. The highest BCUT2D eigenvalue weighted by molar-refractivity contribution is 5.88. The van der Waals surface area contributed by atoms with Crippen molar-refractivity contribution in [2.24, 2.45) is 35.5 Å². The van der Waals surface area contributed by atoms with Crippen molar-refractivity contribution in [3.63, 3.8) is 0 Å². The maximum absolute atomic E-state index is 13.6. The summed E-state index contributed by atoms with van der Waals surface area (Å²) >= 11 is 0. The fraction of sp³-hybridized carbons (Fsp3) is 0.560. The Hall–Kier alpha value is -4.68. The van der Waals surface area contributed by atoms with E-state index in [2.05, 4.69) is 100 Å². The van der Waals surface area contributed by atoms with Crippen LogP contribution in [0.5, 0.6) is 0 Å². The number of H-pyrrole nitrogens is 2. The maximum Gasteiger partial charge on any atom is 0.315 e. The second-order valence-electron chi connectivity index (χ2n) is 18.1. The highest BCUT2D eigenvalue weighted by Crippen LogP contribution is 2.45. The molecule has 2 aromatic rings. The Balaban J connectivity index is 1.31. The number of aliphatic hydroxyl groups excluding tert-OH is 1. The molecule has 0 spiro atoms. The first-order chi connectivity index (χ1) is 28.2. The number of hydrogen-bond acceptors (Lipinski definition) is 7. The molecule has 0 aromatic carbocycles. The lowest BCUT2D eigenvalue weighted by atomic mass is 9.80. The van der Waals surface area contributed by atoms with Crippen LogP contribution in [0.25, 0.3) is 17.7 Å². The Labute approximate surface area is 352 Å². The monoisotopic (exact) mass is 805 g/mol. The molecule has 2 aromatic heterocycles. The summed E-state index contributed by atoms with van der Waals surface area (Å²) in [6.45, 7) is 19.8. The predicted molar refractivity (Wildman–Crippen MR) is 237 cm³/mol. The molecule has 1 aliphatic carbocycles. The number of methoxy groups -OCH3 is 1. The molecule has 7 atom stereocenters. The Morgan fingerprint density at radius 1 is 0.983 bits per heavy atom. The molecule has 59 heavy (non-hydrogen) atoms. The van der Waals surface area contributed by atoms with Gasteiger partial charge in [0.25, 0.3) is 0 Å². The summed E-state index contributed by atoms with van der Waals surface area (Å²) in [5, 5.41) is 21.1. The number of carbonyl (C=O) groups excluding carboxylic acids is 2. The van der Waals surface area contributed by atoms with Crippen molar-refractivity contribution in [1.29, 1.82) is 0 Å². The molecule has 1 unspecified atom stereocenters. The summed E-state index contributed by atoms with van der Waals surface area (Å²) in [5.41, 5.74) is 11.8. The lowest BCUT2D eigenvalue weighted by molar-refractivity contribution is -0.147. The predicted octanol–water partition coefficient (Wildman–Crippen LogP) is 7.83. The van der Waals surface area contributed by atoms with Gasteiger partial charge in [0.05, 0.1) is 25.2 Å². The van der Waals surface area contributed by atoms with Gasteiger partial charge in [0.15, 0.2) is 0 Å². The minimum absolute atomic E-state index is 0.0354. The van der Waals surface area contributed by atoms with Gasteiger partial charge in [-0.15, -0.1) is 6.42 Å². The number of aliphatic hydroxyl groups is 1. The average Bonchev–Trinajstić information content (AvgIpc) is 3.94. The molecular formula is C50H68N4O5. The van der Waals surface area contributed by atoms with E-state index in [1.807, 2.05) is 13.0 Å². The Morgan fingerprint density at radius 3 is 2.42 bits per heavy atom. The molecule has 1 fully saturated rings. The van der Waals surface area contributed by atoms with Crippen LogP contribution < -0.4 is 21.3 Å². The van der Waals surface area contributed by atoms with Crippen molar-refractivity contribution in [1.82, 2.24) is 20.6 Å². The number of allylic oxidation sites excluding steroid dienone is 4. The largest absolute Gasteiger partial charge is 0.468 e. The molecule has 9 nitrogen and oxygen atoms in total. The van der Waals surface area contributed by atoms with Crippen LogP contribution in [0.1, 0.15) is 140 Å². The van der Waals surface area contributed by atoms with E-state index in [-0.39, 0.29) is 42.8 Å². The fourth-order valence-corrected chi connectivity index (χ4v) is 9.97. The van der Waals surface area contributed by atoms with E-state index < -0.39 is 18.0 Å². The number of aromatic nitrogens is 2. The van der Waals surface area contributed by atoms with Gasteiger partial charge in [-0.2, -0.15) is 0 Å². The molecule has 5 N–H and O–H groups in total. The van der Waals surface area contributed by atoms with E-state index in [0.29, 0.717) is 12.0 Å². The number of nitrogens with one attached hydrogen (secondary N) is 4. The van der Waals surface area contributed by atoms with Gasteiger partial charge in [0, 0.05) is 57.1 Å². The van der Waals surface area contributed by atoms with Crippen LogP contribution >= 0.6 is 0 Å². The zero-order chi connectivity index (χ0) is 42.7. The molecule has 4 aliphatic rings. The number of hydrogen-bond donors (Lipinski definition) is 5. The van der Waals surface area contributed by atoms with E-state index in [1.165, 1.54) is 43.9 Å². The summed E-state index contributed by atoms with van der Waals surface area (Å²) in [4.78, 5) is 34.3. The van der Waals surface area contributed by atoms with Gasteiger partial charge >= 0.3 is 11.9 Å². The number of ether oxygens (including phenoxy) is 2. The van der Waals surface area contributed by atoms with Crippen LogP contribution in [0.3, 0.4) is 0 Å². The molecule has 9 heteroatoms. The quantitative estimate of drug-likeness (QED) is 0.0706. The molecule has 0 saturated carbocycles. The molecule has 0 radical (unpaired) electrons. The van der Waals surface area contributed by atoms with E-state index in [9.17, 15) is 14.7 Å². The topological polar surface area (TPSA) is 128 Å². The van der Waals surface area contributed by atoms with Gasteiger partial charge in [-0.25, -0.2) is 0 Å². The van der Waals surface area contributed by atoms with Gasteiger partial charge in [-0.1, -0.05) is 71.8 Å². The molecule has 1 saturated heterocycles. The van der Waals surface area contributed by atoms with E-state index in [0.717, 1.165) is 92.5 Å². The van der Waals surface area contributed by atoms with Crippen LogP contribution in [0.2, 0.25) is 0 Å². The van der Waals surface area contributed by atoms with Crippen LogP contribution in [-0.4, -0.2) is 46.8 Å². The fourth-order valence-electron chi connectivity index (χ4n) is 9.97. The van der Waals surface area contributed by atoms with Gasteiger partial charge in [-0.3, -0.25) is 9.59 Å². The van der Waals surface area contributed by atoms with Gasteiger partial charge < -0.3 is 35.2 Å². The van der Waals surface area contributed by atoms with Crippen molar-refractivity contribution in [3.8, 4) is 12.3 Å². The lowest BCUT2D eigenvalue weighted by Gasteiger charge is -2.27. The van der Waals surface area contributed by atoms with Crippen LogP contribution in [0.4, 0.5) is 0 Å². The lowest BCUT2D eigenvalue weighted by Crippen LogP contribution is -2.37. The second kappa shape index (κ2) is 18.7. The molecule has 8 bridgehead atoms. The summed E-state index contributed by atoms with van der Waals surface area (Å²) in [6, 6.07) is -0.385. The third-order valence-corrected chi connectivity index (χ3v) is 13.7. The minimum Gasteiger partial charge on any atom is -0.468 e. The number of carbonyl (C=O) groups is 2. The van der Waals surface area contributed by atoms with Crippen LogP contribution in [0.15, 0.2) is 40.4 Å². The van der Waals surface area contributed by atoms with Crippen molar-refractivity contribution in [2.75, 3.05) is 13.7 Å². The summed E-state index contributed by atoms with van der Waals surface area (Å²) < 4.78 is 11.1. The number of aromatic amines is 2. The number of fused-ring (bicyclic) bond motifs is 8. The molecule has 0 amide bonds. The van der Waals surface area contributed by atoms with Gasteiger partial charge in [-0.05, 0) is 123 Å². The summed E-state index contributed by atoms with van der Waals surface area (Å²) in [5.74, 6) is 2.46. The highest BCUT2D eigenvalue weighted by Gasteiger charge is 2.49. The van der Waals surface area contributed by atoms with Crippen molar-refractivity contribution in [2.45, 2.75) is 132 Å². The van der Waals surface area contributed by atoms with E-state index >= 15 is 0 Å². The van der Waals surface area contributed by atoms with E-state index in [1.54, 1.807) is 0 Å². The number of esters is 2. The number of terminal acetylenes is 1. The van der Waals surface area contributed by atoms with Crippen molar-refractivity contribution < 1.29 is 24.2 Å². The molecule has 3 aliphatic heterocycles. The van der Waals surface area contributed by atoms with Crippen LogP contribution in [-0.2, 0) is 25.5 Å². The Bertz CT molecular complexity index is 2220. The highest BCUT2D eigenvalue weighted by atomic mass is 16.5. The standard InChI is InChI=1S/C50H68N4O5/c1-12-34-30(7)37-24-39-32(9)36(20-21-43(55)59-23-22-29(6)19-15-18-28(5)17-14-16-27(3)4)47(53-39)45-46(50(57)58-11)49(56)44-33(10)40(54-48(44)45)26-42-35(13-2)31(8)38(52-42)25-41(34)51-37/h1,22,24-28,32,34,36,46-47,49,51-54,56H,13-21,23H2,2-11H3/b29-22+,39-24-,40-26-,41-25-/t28-,32-,34+,36-,46+,47?,49+/m0/s1. The van der Waals surface area contributed by atoms with Crippen molar-refractivity contribution in [3.05, 3.63) is 84.7 Å². The third-order valence-electron chi connectivity index (χ3n) is 13.7. The first kappa shape index (κ1) is 43.9. The molecule has 318 valence electrons. The Kier molecular flexibility index (Phi) is 13.9. The summed E-state index contributed by atoms with van der Waals surface area (Å²) in [7, 11) is 1.37. The molecular weight excluding hydrogens is 737 g/mol. The Morgan fingerprint density at radius 2 is 1.73 bits per heavy atom. The maximum atomic E-state index is 13.6. The first-order valence-electron chi connectivity index (χ1n) is 22.0. The van der Waals surface area contributed by atoms with E-state index in [4.69, 9.17) is 15.9 Å². The smallest absolute Gasteiger partial charge is 0.315 e. The third kappa shape index (κ3) is 9.09. The zero-order valence-electron chi connectivity index (χ0n) is 37.2.